The van der Waals surface area contributed by atoms with Crippen molar-refractivity contribution in [3.05, 3.63) is 52.0 Å². The minimum atomic E-state index is -4.44. The third-order valence-electron chi connectivity index (χ3n) is 7.97. The van der Waals surface area contributed by atoms with Crippen molar-refractivity contribution in [3.8, 4) is 0 Å². The van der Waals surface area contributed by atoms with Gasteiger partial charge in [-0.2, -0.15) is 13.2 Å². The number of likely N-dealkylation sites (tertiary alicyclic amines) is 1. The molecule has 0 aromatic carbocycles. The van der Waals surface area contributed by atoms with Crippen LogP contribution in [0, 0.1) is 5.92 Å². The first-order chi connectivity index (χ1) is 16.7. The fourth-order valence-electron chi connectivity index (χ4n) is 5.70. The zero-order chi connectivity index (χ0) is 24.6. The van der Waals surface area contributed by atoms with E-state index in [1.54, 1.807) is 6.07 Å². The number of aromatic nitrogens is 1. The molecule has 1 amide bonds. The largest absolute Gasteiger partial charge is 0.406 e. The smallest absolute Gasteiger partial charge is 0.339 e. The average molecular weight is 491 g/mol. The summed E-state index contributed by atoms with van der Waals surface area (Å²) in [5.41, 5.74) is 2.10. The van der Waals surface area contributed by atoms with Crippen LogP contribution < -0.4 is 5.56 Å². The fraction of sp³-hybridized carbons (Fsp3) is 0.615. The number of rotatable bonds is 5. The Balaban J connectivity index is 1.15. The fourth-order valence-corrected chi connectivity index (χ4v) is 5.70. The summed E-state index contributed by atoms with van der Waals surface area (Å²) in [6.45, 7) is 4.39. The maximum atomic E-state index is 12.9. The minimum absolute atomic E-state index is 0.213. The number of piperidine rings is 1. The second-order valence-corrected chi connectivity index (χ2v) is 10.3. The molecule has 3 fully saturated rings. The number of hydrogen-bond donors (Lipinski definition) is 0. The van der Waals surface area contributed by atoms with Crippen molar-refractivity contribution in [3.63, 3.8) is 0 Å². The standard InChI is InChI=1S/C26H33F3N4O2/c27-26(28,29)18-33-16-22(6-7-24(33)34)19-4-5-21-15-30(9-8-20(21)14-19)17-25(35)32-12-10-31(11-13-32)23-2-1-3-23/h4,6-7,14,16,21,23H,1-3,5,8-13,15,17-18H2. The molecule has 0 bridgehead atoms. The molecule has 0 radical (unpaired) electrons. The Hall–Kier alpha value is -2.39. The second-order valence-electron chi connectivity index (χ2n) is 10.3. The molecule has 2 aliphatic carbocycles. The van der Waals surface area contributed by atoms with Gasteiger partial charge in [0.1, 0.15) is 6.54 Å². The molecule has 0 N–H and O–H groups in total. The van der Waals surface area contributed by atoms with Gasteiger partial charge in [-0.1, -0.05) is 24.1 Å². The first kappa shape index (κ1) is 24.3. The first-order valence-corrected chi connectivity index (χ1v) is 12.7. The SMILES string of the molecule is O=C(CN1CCC2=CC(c3ccc(=O)n(CC(F)(F)F)c3)=CCC2C1)N1CCN(C2CCC2)CC1. The highest BCUT2D eigenvalue weighted by molar-refractivity contribution is 5.78. The van der Waals surface area contributed by atoms with Gasteiger partial charge in [-0.3, -0.25) is 19.4 Å². The number of fused-ring (bicyclic) bond motifs is 1. The van der Waals surface area contributed by atoms with Crippen molar-refractivity contribution < 1.29 is 18.0 Å². The molecule has 2 saturated heterocycles. The van der Waals surface area contributed by atoms with E-state index in [2.05, 4.69) is 15.9 Å². The highest BCUT2D eigenvalue weighted by Gasteiger charge is 2.32. The molecule has 9 heteroatoms. The van der Waals surface area contributed by atoms with E-state index in [1.807, 2.05) is 11.0 Å². The number of piperazine rings is 1. The number of carbonyl (C=O) groups is 1. The summed E-state index contributed by atoms with van der Waals surface area (Å²) < 4.78 is 39.1. The van der Waals surface area contributed by atoms with Crippen molar-refractivity contribution in [2.45, 2.75) is 50.9 Å². The molecular weight excluding hydrogens is 457 g/mol. The predicted octanol–water partition coefficient (Wildman–Crippen LogP) is 3.14. The predicted molar refractivity (Wildman–Crippen MR) is 128 cm³/mol. The van der Waals surface area contributed by atoms with E-state index >= 15 is 0 Å². The lowest BCUT2D eigenvalue weighted by Gasteiger charge is -2.43. The second kappa shape index (κ2) is 9.93. The van der Waals surface area contributed by atoms with Gasteiger partial charge in [0, 0.05) is 57.6 Å². The van der Waals surface area contributed by atoms with E-state index < -0.39 is 18.3 Å². The molecule has 35 heavy (non-hydrogen) atoms. The highest BCUT2D eigenvalue weighted by Crippen LogP contribution is 2.34. The van der Waals surface area contributed by atoms with Crippen molar-refractivity contribution >= 4 is 11.5 Å². The number of halogens is 3. The molecule has 1 aromatic heterocycles. The molecule has 2 aliphatic heterocycles. The van der Waals surface area contributed by atoms with Crippen LogP contribution in [0.5, 0.6) is 0 Å². The Kier molecular flexibility index (Phi) is 6.90. The molecule has 190 valence electrons. The Labute approximate surface area is 203 Å². The summed E-state index contributed by atoms with van der Waals surface area (Å²) in [7, 11) is 0. The van der Waals surface area contributed by atoms with Crippen LogP contribution in [0.3, 0.4) is 0 Å². The normalized spacial score (nSPS) is 24.4. The molecular formula is C26H33F3N4O2. The lowest BCUT2D eigenvalue weighted by Crippen LogP contribution is -2.55. The number of amides is 1. The topological polar surface area (TPSA) is 48.8 Å². The van der Waals surface area contributed by atoms with Gasteiger partial charge in [0.2, 0.25) is 5.91 Å². The highest BCUT2D eigenvalue weighted by atomic mass is 19.4. The minimum Gasteiger partial charge on any atom is -0.339 e. The third kappa shape index (κ3) is 5.72. The van der Waals surface area contributed by atoms with Crippen molar-refractivity contribution in [2.75, 3.05) is 45.8 Å². The van der Waals surface area contributed by atoms with Crippen LogP contribution in [-0.2, 0) is 11.3 Å². The summed E-state index contributed by atoms with van der Waals surface area (Å²) in [6, 6.07) is 3.53. The van der Waals surface area contributed by atoms with Gasteiger partial charge in [-0.25, -0.2) is 0 Å². The van der Waals surface area contributed by atoms with Crippen LogP contribution in [0.4, 0.5) is 13.2 Å². The lowest BCUT2D eigenvalue weighted by atomic mass is 9.82. The van der Waals surface area contributed by atoms with Crippen LogP contribution >= 0.6 is 0 Å². The summed E-state index contributed by atoms with van der Waals surface area (Å²) in [6.07, 6.45) is 6.51. The van der Waals surface area contributed by atoms with Gasteiger partial charge in [0.25, 0.3) is 5.56 Å². The summed E-state index contributed by atoms with van der Waals surface area (Å²) in [5.74, 6) is 0.529. The first-order valence-electron chi connectivity index (χ1n) is 12.7. The van der Waals surface area contributed by atoms with E-state index in [0.717, 1.165) is 68.3 Å². The number of pyridine rings is 1. The molecule has 5 rings (SSSR count). The van der Waals surface area contributed by atoms with Crippen LogP contribution in [0.15, 0.2) is 40.8 Å². The summed E-state index contributed by atoms with van der Waals surface area (Å²) in [4.78, 5) is 31.5. The van der Waals surface area contributed by atoms with Crippen LogP contribution in [0.2, 0.25) is 0 Å². The quantitative estimate of drug-likeness (QED) is 0.637. The number of allylic oxidation sites excluding steroid dienone is 3. The zero-order valence-corrected chi connectivity index (χ0v) is 20.0. The summed E-state index contributed by atoms with van der Waals surface area (Å²) >= 11 is 0. The monoisotopic (exact) mass is 490 g/mol. The van der Waals surface area contributed by atoms with Crippen molar-refractivity contribution in [1.82, 2.24) is 19.3 Å². The lowest BCUT2D eigenvalue weighted by molar-refractivity contribution is -0.141. The number of carbonyl (C=O) groups excluding carboxylic acids is 1. The Morgan fingerprint density at radius 3 is 2.51 bits per heavy atom. The molecule has 4 aliphatic rings. The average Bonchev–Trinajstić information content (AvgIpc) is 2.78. The molecule has 1 unspecified atom stereocenters. The van der Waals surface area contributed by atoms with E-state index in [4.69, 9.17) is 0 Å². The summed E-state index contributed by atoms with van der Waals surface area (Å²) in [5, 5.41) is 0. The molecule has 0 spiro atoms. The molecule has 3 heterocycles. The van der Waals surface area contributed by atoms with Gasteiger partial charge < -0.3 is 9.47 Å². The molecule has 6 nitrogen and oxygen atoms in total. The third-order valence-corrected chi connectivity index (χ3v) is 7.97. The van der Waals surface area contributed by atoms with E-state index in [0.29, 0.717) is 18.0 Å². The van der Waals surface area contributed by atoms with Gasteiger partial charge in [-0.05, 0) is 48.8 Å². The van der Waals surface area contributed by atoms with Crippen LogP contribution in [-0.4, -0.2) is 83.2 Å². The van der Waals surface area contributed by atoms with E-state index in [-0.39, 0.29) is 5.91 Å². The van der Waals surface area contributed by atoms with Gasteiger partial charge >= 0.3 is 6.18 Å². The van der Waals surface area contributed by atoms with Crippen LogP contribution in [0.1, 0.15) is 37.7 Å². The van der Waals surface area contributed by atoms with Gasteiger partial charge in [0.15, 0.2) is 0 Å². The van der Waals surface area contributed by atoms with Crippen molar-refractivity contribution in [1.29, 1.82) is 0 Å². The Morgan fingerprint density at radius 2 is 1.83 bits per heavy atom. The van der Waals surface area contributed by atoms with E-state index in [1.165, 1.54) is 37.1 Å². The maximum absolute atomic E-state index is 12.9. The molecule has 1 atom stereocenters. The maximum Gasteiger partial charge on any atom is 0.406 e. The number of hydrogen-bond acceptors (Lipinski definition) is 4. The number of nitrogens with zero attached hydrogens (tertiary/aromatic N) is 4. The van der Waals surface area contributed by atoms with Crippen molar-refractivity contribution in [2.24, 2.45) is 5.92 Å². The van der Waals surface area contributed by atoms with Gasteiger partial charge in [0.05, 0.1) is 6.54 Å². The molecule has 1 aromatic rings. The van der Waals surface area contributed by atoms with Gasteiger partial charge in [-0.15, -0.1) is 0 Å². The number of alkyl halides is 3. The van der Waals surface area contributed by atoms with Crippen LogP contribution in [0.25, 0.3) is 5.57 Å². The Bertz CT molecular complexity index is 1070. The molecule has 1 saturated carbocycles. The Morgan fingerprint density at radius 1 is 1.06 bits per heavy atom. The zero-order valence-electron chi connectivity index (χ0n) is 20.0. The van der Waals surface area contributed by atoms with E-state index in [9.17, 15) is 22.8 Å².